The molecule has 2 heterocycles. The Kier molecular flexibility index (Phi) is 7.07. The molecule has 0 atom stereocenters. The SMILES string of the molecule is COc1cc(OC)nc(Oc2cccc(Oc3nc(OC)cc(OC)n3)c2CBr)n1. The number of methoxy groups -OCH3 is 4. The normalized spacial score (nSPS) is 10.3. The second kappa shape index (κ2) is 9.92. The molecule has 0 radical (unpaired) electrons. The number of ether oxygens (including phenoxy) is 6. The lowest BCUT2D eigenvalue weighted by molar-refractivity contribution is 0.343. The van der Waals surface area contributed by atoms with Gasteiger partial charge in [-0.3, -0.25) is 0 Å². The first kappa shape index (κ1) is 21.4. The predicted molar refractivity (Wildman–Crippen MR) is 109 cm³/mol. The van der Waals surface area contributed by atoms with Crippen molar-refractivity contribution in [2.75, 3.05) is 28.4 Å². The van der Waals surface area contributed by atoms with Crippen molar-refractivity contribution in [3.8, 4) is 47.0 Å². The van der Waals surface area contributed by atoms with Crippen molar-refractivity contribution >= 4 is 15.9 Å². The van der Waals surface area contributed by atoms with Crippen LogP contribution in [-0.2, 0) is 5.33 Å². The summed E-state index contributed by atoms with van der Waals surface area (Å²) >= 11 is 3.46. The first-order valence-electron chi connectivity index (χ1n) is 8.57. The lowest BCUT2D eigenvalue weighted by atomic mass is 10.2. The summed E-state index contributed by atoms with van der Waals surface area (Å²) < 4.78 is 32.4. The number of nitrogens with zero attached hydrogens (tertiary/aromatic N) is 4. The van der Waals surface area contributed by atoms with Gasteiger partial charge in [0.2, 0.25) is 23.5 Å². The van der Waals surface area contributed by atoms with Gasteiger partial charge in [-0.1, -0.05) is 22.0 Å². The number of benzene rings is 1. The maximum absolute atomic E-state index is 5.87. The topological polar surface area (TPSA) is 107 Å². The number of hydrogen-bond donors (Lipinski definition) is 0. The highest BCUT2D eigenvalue weighted by Gasteiger charge is 2.16. The molecule has 0 N–H and O–H groups in total. The fourth-order valence-corrected chi connectivity index (χ4v) is 2.89. The monoisotopic (exact) mass is 478 g/mol. The van der Waals surface area contributed by atoms with Crippen LogP contribution in [0.15, 0.2) is 30.3 Å². The molecule has 3 aromatic rings. The summed E-state index contributed by atoms with van der Waals surface area (Å²) in [6.07, 6.45) is 0. The van der Waals surface area contributed by atoms with E-state index in [1.807, 2.05) is 0 Å². The molecule has 0 spiro atoms. The van der Waals surface area contributed by atoms with Crippen LogP contribution in [0.5, 0.6) is 47.0 Å². The van der Waals surface area contributed by atoms with Gasteiger partial charge in [-0.15, -0.1) is 0 Å². The van der Waals surface area contributed by atoms with E-state index in [-0.39, 0.29) is 12.0 Å². The zero-order chi connectivity index (χ0) is 21.5. The molecule has 158 valence electrons. The molecule has 0 saturated heterocycles. The third-order valence-electron chi connectivity index (χ3n) is 3.78. The Balaban J connectivity index is 1.94. The zero-order valence-electron chi connectivity index (χ0n) is 16.7. The number of rotatable bonds is 9. The maximum Gasteiger partial charge on any atom is 0.328 e. The highest BCUT2D eigenvalue weighted by molar-refractivity contribution is 9.08. The van der Waals surface area contributed by atoms with Crippen LogP contribution < -0.4 is 28.4 Å². The van der Waals surface area contributed by atoms with E-state index in [4.69, 9.17) is 28.4 Å². The van der Waals surface area contributed by atoms with Crippen LogP contribution in [0.2, 0.25) is 0 Å². The molecular weight excluding hydrogens is 460 g/mol. The Bertz CT molecular complexity index is 900. The molecule has 10 nitrogen and oxygen atoms in total. The fraction of sp³-hybridized carbons (Fsp3) is 0.263. The van der Waals surface area contributed by atoms with Crippen molar-refractivity contribution in [3.05, 3.63) is 35.9 Å². The van der Waals surface area contributed by atoms with Crippen molar-refractivity contribution in [1.82, 2.24) is 19.9 Å². The van der Waals surface area contributed by atoms with Gasteiger partial charge in [-0.05, 0) is 12.1 Å². The first-order chi connectivity index (χ1) is 14.6. The molecule has 0 amide bonds. The minimum Gasteiger partial charge on any atom is -0.481 e. The molecule has 0 aliphatic rings. The highest BCUT2D eigenvalue weighted by Crippen LogP contribution is 2.36. The summed E-state index contributed by atoms with van der Waals surface area (Å²) in [5.74, 6) is 2.16. The van der Waals surface area contributed by atoms with Crippen LogP contribution >= 0.6 is 15.9 Å². The Morgan fingerprint density at radius 1 is 0.667 bits per heavy atom. The Morgan fingerprint density at radius 3 is 1.33 bits per heavy atom. The van der Waals surface area contributed by atoms with Crippen molar-refractivity contribution in [2.24, 2.45) is 0 Å². The smallest absolute Gasteiger partial charge is 0.328 e. The lowest BCUT2D eigenvalue weighted by Gasteiger charge is -2.14. The van der Waals surface area contributed by atoms with E-state index in [2.05, 4.69) is 35.9 Å². The molecule has 0 fully saturated rings. The first-order valence-corrected chi connectivity index (χ1v) is 9.70. The van der Waals surface area contributed by atoms with E-state index in [1.165, 1.54) is 28.4 Å². The molecule has 30 heavy (non-hydrogen) atoms. The van der Waals surface area contributed by atoms with E-state index >= 15 is 0 Å². The van der Waals surface area contributed by atoms with Gasteiger partial charge >= 0.3 is 12.0 Å². The largest absolute Gasteiger partial charge is 0.481 e. The zero-order valence-corrected chi connectivity index (χ0v) is 18.3. The Labute approximate surface area is 181 Å². The third-order valence-corrected chi connectivity index (χ3v) is 4.34. The second-order valence-electron chi connectivity index (χ2n) is 5.54. The predicted octanol–water partition coefficient (Wildman–Crippen LogP) is 3.78. The minimum absolute atomic E-state index is 0.0600. The van der Waals surface area contributed by atoms with Crippen LogP contribution in [0, 0.1) is 0 Å². The van der Waals surface area contributed by atoms with E-state index < -0.39 is 0 Å². The van der Waals surface area contributed by atoms with Gasteiger partial charge in [0.1, 0.15) is 11.5 Å². The second-order valence-corrected chi connectivity index (χ2v) is 6.10. The molecule has 1 aromatic carbocycles. The maximum atomic E-state index is 5.87. The average Bonchev–Trinajstić information content (AvgIpc) is 2.78. The van der Waals surface area contributed by atoms with Gasteiger partial charge in [-0.25, -0.2) is 0 Å². The van der Waals surface area contributed by atoms with Crippen molar-refractivity contribution in [3.63, 3.8) is 0 Å². The fourth-order valence-electron chi connectivity index (χ4n) is 2.34. The van der Waals surface area contributed by atoms with Crippen LogP contribution in [0.25, 0.3) is 0 Å². The molecule has 2 aromatic heterocycles. The minimum atomic E-state index is 0.0600. The van der Waals surface area contributed by atoms with E-state index in [0.29, 0.717) is 45.9 Å². The van der Waals surface area contributed by atoms with Crippen molar-refractivity contribution in [2.45, 2.75) is 5.33 Å². The number of aromatic nitrogens is 4. The van der Waals surface area contributed by atoms with Gasteiger partial charge in [0.25, 0.3) is 0 Å². The van der Waals surface area contributed by atoms with Crippen molar-refractivity contribution in [1.29, 1.82) is 0 Å². The van der Waals surface area contributed by atoms with Crippen LogP contribution in [0.1, 0.15) is 5.56 Å². The standard InChI is InChI=1S/C19H19BrN4O6/c1-25-14-8-15(26-2)22-18(21-14)29-12-6-5-7-13(11(12)10-20)30-19-23-16(27-3)9-17(24-19)28-4/h5-9H,10H2,1-4H3. The number of alkyl halides is 1. The molecule has 0 unspecified atom stereocenters. The van der Waals surface area contributed by atoms with E-state index in [9.17, 15) is 0 Å². The molecule has 0 saturated carbocycles. The molecule has 11 heteroatoms. The number of halogens is 1. The average molecular weight is 479 g/mol. The Hall–Kier alpha value is -3.34. The van der Waals surface area contributed by atoms with Gasteiger partial charge in [0.05, 0.1) is 40.6 Å². The van der Waals surface area contributed by atoms with Gasteiger partial charge in [-0.2, -0.15) is 19.9 Å². The van der Waals surface area contributed by atoms with Gasteiger partial charge in [0, 0.05) is 10.9 Å². The Morgan fingerprint density at radius 2 is 1.03 bits per heavy atom. The third kappa shape index (κ3) is 4.98. The molecule has 3 rings (SSSR count). The lowest BCUT2D eigenvalue weighted by Crippen LogP contribution is -2.01. The van der Waals surface area contributed by atoms with Crippen LogP contribution in [0.3, 0.4) is 0 Å². The summed E-state index contributed by atoms with van der Waals surface area (Å²) in [5, 5.41) is 0.417. The molecular formula is C19H19BrN4O6. The highest BCUT2D eigenvalue weighted by atomic mass is 79.9. The van der Waals surface area contributed by atoms with E-state index in [0.717, 1.165) is 0 Å². The van der Waals surface area contributed by atoms with E-state index in [1.54, 1.807) is 30.3 Å². The van der Waals surface area contributed by atoms with Crippen LogP contribution in [0.4, 0.5) is 0 Å². The summed E-state index contributed by atoms with van der Waals surface area (Å²) in [6, 6.07) is 8.48. The molecule has 0 aliphatic heterocycles. The summed E-state index contributed by atoms with van der Waals surface area (Å²) in [7, 11) is 5.97. The number of hydrogen-bond acceptors (Lipinski definition) is 10. The summed E-state index contributed by atoms with van der Waals surface area (Å²) in [4.78, 5) is 16.7. The molecule has 0 bridgehead atoms. The summed E-state index contributed by atoms with van der Waals surface area (Å²) in [6.45, 7) is 0. The van der Waals surface area contributed by atoms with Crippen molar-refractivity contribution < 1.29 is 28.4 Å². The van der Waals surface area contributed by atoms with Gasteiger partial charge < -0.3 is 28.4 Å². The quantitative estimate of drug-likeness (QED) is 0.421. The van der Waals surface area contributed by atoms with Crippen LogP contribution in [-0.4, -0.2) is 48.4 Å². The van der Waals surface area contributed by atoms with Gasteiger partial charge in [0.15, 0.2) is 0 Å². The summed E-state index contributed by atoms with van der Waals surface area (Å²) in [5.41, 5.74) is 0.688. The molecule has 0 aliphatic carbocycles.